The Kier molecular flexibility index (Phi) is 6.15. The fourth-order valence-electron chi connectivity index (χ4n) is 2.50. The molecule has 0 aliphatic heterocycles. The van der Waals surface area contributed by atoms with E-state index in [0.29, 0.717) is 12.0 Å². The van der Waals surface area contributed by atoms with E-state index < -0.39 is 12.0 Å². The molecule has 126 valence electrons. The van der Waals surface area contributed by atoms with Crippen LogP contribution in [0.4, 0.5) is 0 Å². The maximum absolute atomic E-state index is 12.5. The van der Waals surface area contributed by atoms with Crippen LogP contribution >= 0.6 is 15.9 Å². The van der Waals surface area contributed by atoms with Crippen LogP contribution in [-0.2, 0) is 16.0 Å². The summed E-state index contributed by atoms with van der Waals surface area (Å²) in [7, 11) is 1.32. The molecule has 0 saturated carbocycles. The zero-order chi connectivity index (χ0) is 17.7. The fourth-order valence-corrected chi connectivity index (χ4v) is 2.73. The lowest BCUT2D eigenvalue weighted by atomic mass is 10.0. The van der Waals surface area contributed by atoms with Crippen molar-refractivity contribution in [3.63, 3.8) is 0 Å². The van der Waals surface area contributed by atoms with E-state index in [-0.39, 0.29) is 5.91 Å². The van der Waals surface area contributed by atoms with E-state index in [2.05, 4.69) is 21.2 Å². The summed E-state index contributed by atoms with van der Waals surface area (Å²) >= 11 is 3.49. The Morgan fingerprint density at radius 1 is 1.12 bits per heavy atom. The van der Waals surface area contributed by atoms with E-state index in [4.69, 9.17) is 4.74 Å². The molecule has 0 bridgehead atoms. The van der Waals surface area contributed by atoms with Crippen LogP contribution in [0.25, 0.3) is 0 Å². The second kappa shape index (κ2) is 8.11. The van der Waals surface area contributed by atoms with Crippen LogP contribution in [0, 0.1) is 13.8 Å². The lowest BCUT2D eigenvalue weighted by Crippen LogP contribution is -2.43. The SMILES string of the molecule is COC(=O)[C@@H](Cc1ccccc1)NC(=O)c1cc(C)c(Br)c(C)c1. The number of rotatable bonds is 5. The molecule has 2 rings (SSSR count). The summed E-state index contributed by atoms with van der Waals surface area (Å²) < 4.78 is 5.81. The van der Waals surface area contributed by atoms with E-state index in [0.717, 1.165) is 21.2 Å². The summed E-state index contributed by atoms with van der Waals surface area (Å²) in [6.07, 6.45) is 0.383. The van der Waals surface area contributed by atoms with Gasteiger partial charge in [0.2, 0.25) is 0 Å². The van der Waals surface area contributed by atoms with Crippen LogP contribution in [0.5, 0.6) is 0 Å². The molecule has 0 heterocycles. The smallest absolute Gasteiger partial charge is 0.328 e. The minimum absolute atomic E-state index is 0.292. The van der Waals surface area contributed by atoms with Crippen LogP contribution in [0.2, 0.25) is 0 Å². The first-order chi connectivity index (χ1) is 11.4. The van der Waals surface area contributed by atoms with Gasteiger partial charge in [-0.15, -0.1) is 0 Å². The average Bonchev–Trinajstić information content (AvgIpc) is 2.58. The van der Waals surface area contributed by atoms with Gasteiger partial charge >= 0.3 is 5.97 Å². The van der Waals surface area contributed by atoms with Gasteiger partial charge in [0.05, 0.1) is 7.11 Å². The van der Waals surface area contributed by atoms with E-state index in [9.17, 15) is 9.59 Å². The Bertz CT molecular complexity index is 721. The lowest BCUT2D eigenvalue weighted by molar-refractivity contribution is -0.142. The molecule has 0 aliphatic rings. The molecular weight excluding hydrogens is 370 g/mol. The Hall–Kier alpha value is -2.14. The molecule has 1 N–H and O–H groups in total. The van der Waals surface area contributed by atoms with Crippen molar-refractivity contribution in [3.8, 4) is 0 Å². The molecule has 1 atom stereocenters. The molecule has 0 spiro atoms. The number of hydrogen-bond donors (Lipinski definition) is 1. The summed E-state index contributed by atoms with van der Waals surface area (Å²) in [4.78, 5) is 24.6. The van der Waals surface area contributed by atoms with Crippen molar-refractivity contribution < 1.29 is 14.3 Å². The summed E-state index contributed by atoms with van der Waals surface area (Å²) in [5, 5.41) is 2.78. The first-order valence-corrected chi connectivity index (χ1v) is 8.41. The quantitative estimate of drug-likeness (QED) is 0.795. The molecule has 1 amide bonds. The van der Waals surface area contributed by atoms with Gasteiger partial charge in [0.25, 0.3) is 5.91 Å². The molecule has 4 nitrogen and oxygen atoms in total. The minimum Gasteiger partial charge on any atom is -0.467 e. The molecule has 0 aliphatic carbocycles. The van der Waals surface area contributed by atoms with Crippen LogP contribution in [-0.4, -0.2) is 25.0 Å². The minimum atomic E-state index is -0.728. The molecule has 0 radical (unpaired) electrons. The Morgan fingerprint density at radius 3 is 2.25 bits per heavy atom. The van der Waals surface area contributed by atoms with Crippen LogP contribution in [0.3, 0.4) is 0 Å². The number of aryl methyl sites for hydroxylation is 2. The number of halogens is 1. The monoisotopic (exact) mass is 389 g/mol. The van der Waals surface area contributed by atoms with Gasteiger partial charge in [-0.2, -0.15) is 0 Å². The molecule has 2 aromatic rings. The predicted octanol–water partition coefficient (Wildman–Crippen LogP) is 3.58. The summed E-state index contributed by atoms with van der Waals surface area (Å²) in [6.45, 7) is 3.85. The number of carbonyl (C=O) groups is 2. The predicted molar refractivity (Wildman–Crippen MR) is 97.0 cm³/mol. The molecule has 0 fully saturated rings. The van der Waals surface area contributed by atoms with Gasteiger partial charge in [-0.05, 0) is 42.7 Å². The molecule has 24 heavy (non-hydrogen) atoms. The van der Waals surface area contributed by atoms with Crippen molar-refractivity contribution in [1.29, 1.82) is 0 Å². The zero-order valence-corrected chi connectivity index (χ0v) is 15.5. The van der Waals surface area contributed by atoms with Crippen molar-refractivity contribution in [1.82, 2.24) is 5.32 Å². The third-order valence-corrected chi connectivity index (χ3v) is 5.02. The molecule has 0 unspecified atom stereocenters. The highest BCUT2D eigenvalue weighted by atomic mass is 79.9. The second-order valence-electron chi connectivity index (χ2n) is 5.66. The number of amides is 1. The number of nitrogens with one attached hydrogen (secondary N) is 1. The molecule has 5 heteroatoms. The number of methoxy groups -OCH3 is 1. The molecule has 0 saturated heterocycles. The molecule has 2 aromatic carbocycles. The van der Waals surface area contributed by atoms with Gasteiger partial charge in [0.15, 0.2) is 0 Å². The van der Waals surface area contributed by atoms with Crippen molar-refractivity contribution in [2.75, 3.05) is 7.11 Å². The highest BCUT2D eigenvalue weighted by molar-refractivity contribution is 9.10. The summed E-state index contributed by atoms with van der Waals surface area (Å²) in [5.74, 6) is -0.752. The molecule has 0 aromatic heterocycles. The number of ether oxygens (including phenoxy) is 1. The topological polar surface area (TPSA) is 55.4 Å². The Labute approximate surface area is 150 Å². The lowest BCUT2D eigenvalue weighted by Gasteiger charge is -2.17. The maximum atomic E-state index is 12.5. The number of carbonyl (C=O) groups excluding carboxylic acids is 2. The third-order valence-electron chi connectivity index (χ3n) is 3.77. The first kappa shape index (κ1) is 18.2. The molecular formula is C19H20BrNO3. The summed E-state index contributed by atoms with van der Waals surface area (Å²) in [6, 6.07) is 12.4. The van der Waals surface area contributed by atoms with Crippen LogP contribution < -0.4 is 5.32 Å². The van der Waals surface area contributed by atoms with Gasteiger partial charge in [0.1, 0.15) is 6.04 Å². The number of benzene rings is 2. The highest BCUT2D eigenvalue weighted by Crippen LogP contribution is 2.22. The van der Waals surface area contributed by atoms with Crippen LogP contribution in [0.1, 0.15) is 27.0 Å². The fraction of sp³-hybridized carbons (Fsp3) is 0.263. The van der Waals surface area contributed by atoms with Crippen molar-refractivity contribution in [2.45, 2.75) is 26.3 Å². The van der Waals surface area contributed by atoms with Crippen molar-refractivity contribution in [2.24, 2.45) is 0 Å². The normalized spacial score (nSPS) is 11.7. The van der Waals surface area contributed by atoms with Gasteiger partial charge in [0, 0.05) is 16.5 Å². The first-order valence-electron chi connectivity index (χ1n) is 7.61. The van der Waals surface area contributed by atoms with Crippen molar-refractivity contribution >= 4 is 27.8 Å². The average molecular weight is 390 g/mol. The van der Waals surface area contributed by atoms with Crippen LogP contribution in [0.15, 0.2) is 46.9 Å². The largest absolute Gasteiger partial charge is 0.467 e. The third kappa shape index (κ3) is 4.45. The van der Waals surface area contributed by atoms with Gasteiger partial charge in [-0.3, -0.25) is 4.79 Å². The summed E-state index contributed by atoms with van der Waals surface area (Å²) in [5.41, 5.74) is 3.42. The standard InChI is InChI=1S/C19H20BrNO3/c1-12-9-15(10-13(2)17(12)20)18(22)21-16(19(23)24-3)11-14-7-5-4-6-8-14/h4-10,16H,11H2,1-3H3,(H,21,22)/t16-/m1/s1. The maximum Gasteiger partial charge on any atom is 0.328 e. The number of esters is 1. The van der Waals surface area contributed by atoms with E-state index in [1.54, 1.807) is 12.1 Å². The Balaban J connectivity index is 2.20. The van der Waals surface area contributed by atoms with Crippen molar-refractivity contribution in [3.05, 3.63) is 69.2 Å². The van der Waals surface area contributed by atoms with Gasteiger partial charge in [-0.25, -0.2) is 4.79 Å². The zero-order valence-electron chi connectivity index (χ0n) is 13.9. The number of hydrogen-bond acceptors (Lipinski definition) is 3. The highest BCUT2D eigenvalue weighted by Gasteiger charge is 2.23. The van der Waals surface area contributed by atoms with E-state index in [1.165, 1.54) is 7.11 Å². The van der Waals surface area contributed by atoms with Gasteiger partial charge < -0.3 is 10.1 Å². The second-order valence-corrected chi connectivity index (χ2v) is 6.46. The van der Waals surface area contributed by atoms with Gasteiger partial charge in [-0.1, -0.05) is 46.3 Å². The van der Waals surface area contributed by atoms with E-state index in [1.807, 2.05) is 44.2 Å². The Morgan fingerprint density at radius 2 is 1.71 bits per heavy atom. The van der Waals surface area contributed by atoms with E-state index >= 15 is 0 Å².